The molecule has 98 valence electrons. The lowest BCUT2D eigenvalue weighted by atomic mass is 10.3. The van der Waals surface area contributed by atoms with E-state index >= 15 is 0 Å². The van der Waals surface area contributed by atoms with Gasteiger partial charge in [-0.05, 0) is 31.9 Å². The molecule has 2 rings (SSSR count). The van der Waals surface area contributed by atoms with E-state index in [2.05, 4.69) is 9.97 Å². The Balaban J connectivity index is 2.02. The minimum Gasteiger partial charge on any atom is -0.494 e. The number of nitrogens with zero attached hydrogens (tertiary/aromatic N) is 1. The Kier molecular flexibility index (Phi) is 5.20. The Morgan fingerprint density at radius 2 is 2.28 bits per heavy atom. The van der Waals surface area contributed by atoms with Crippen molar-refractivity contribution in [2.24, 2.45) is 0 Å². The molecule has 0 aliphatic heterocycles. The van der Waals surface area contributed by atoms with Crippen LogP contribution in [0.2, 0.25) is 0 Å². The van der Waals surface area contributed by atoms with Crippen LogP contribution in [0, 0.1) is 0 Å². The van der Waals surface area contributed by atoms with E-state index in [9.17, 15) is 0 Å². The van der Waals surface area contributed by atoms with E-state index in [0.29, 0.717) is 6.61 Å². The molecule has 0 saturated carbocycles. The Bertz CT molecular complexity index is 501. The van der Waals surface area contributed by atoms with Gasteiger partial charge in [0.15, 0.2) is 5.16 Å². The lowest BCUT2D eigenvalue weighted by Crippen LogP contribution is -1.90. The lowest BCUT2D eigenvalue weighted by molar-refractivity contribution is 0.340. The SMILES string of the molecule is CCOc1ccc2nc(SCCCCCl)[nH]c2c1. The summed E-state index contributed by atoms with van der Waals surface area (Å²) in [4.78, 5) is 7.84. The number of nitrogens with one attached hydrogen (secondary N) is 1. The van der Waals surface area contributed by atoms with Crippen molar-refractivity contribution in [2.75, 3.05) is 18.2 Å². The van der Waals surface area contributed by atoms with E-state index in [1.54, 1.807) is 11.8 Å². The van der Waals surface area contributed by atoms with Gasteiger partial charge in [0.05, 0.1) is 17.6 Å². The van der Waals surface area contributed by atoms with Gasteiger partial charge in [-0.2, -0.15) is 0 Å². The van der Waals surface area contributed by atoms with Gasteiger partial charge in [-0.15, -0.1) is 11.6 Å². The summed E-state index contributed by atoms with van der Waals surface area (Å²) in [7, 11) is 0. The molecule has 0 atom stereocenters. The van der Waals surface area contributed by atoms with Crippen molar-refractivity contribution in [3.05, 3.63) is 18.2 Å². The first-order valence-electron chi connectivity index (χ1n) is 6.15. The molecule has 0 amide bonds. The van der Waals surface area contributed by atoms with Crippen LogP contribution in [0.15, 0.2) is 23.4 Å². The highest BCUT2D eigenvalue weighted by Gasteiger charge is 2.04. The first-order chi connectivity index (χ1) is 8.83. The second kappa shape index (κ2) is 6.90. The summed E-state index contributed by atoms with van der Waals surface area (Å²) < 4.78 is 5.47. The van der Waals surface area contributed by atoms with Crippen LogP contribution in [0.25, 0.3) is 11.0 Å². The highest BCUT2D eigenvalue weighted by molar-refractivity contribution is 7.99. The summed E-state index contributed by atoms with van der Waals surface area (Å²) in [5.41, 5.74) is 2.01. The van der Waals surface area contributed by atoms with E-state index in [-0.39, 0.29) is 0 Å². The highest BCUT2D eigenvalue weighted by Crippen LogP contribution is 2.23. The average molecular weight is 285 g/mol. The van der Waals surface area contributed by atoms with Crippen LogP contribution in [0.1, 0.15) is 19.8 Å². The van der Waals surface area contributed by atoms with Crippen molar-refractivity contribution in [3.8, 4) is 5.75 Å². The molecule has 0 spiro atoms. The van der Waals surface area contributed by atoms with Crippen LogP contribution in [0.5, 0.6) is 5.75 Å². The van der Waals surface area contributed by atoms with Gasteiger partial charge in [-0.25, -0.2) is 4.98 Å². The number of hydrogen-bond acceptors (Lipinski definition) is 3. The summed E-state index contributed by atoms with van der Waals surface area (Å²) in [5, 5.41) is 0.966. The molecule has 0 aliphatic carbocycles. The van der Waals surface area contributed by atoms with Crippen LogP contribution in [0.4, 0.5) is 0 Å². The molecular weight excluding hydrogens is 268 g/mol. The number of benzene rings is 1. The van der Waals surface area contributed by atoms with E-state index in [1.165, 1.54) is 0 Å². The molecule has 0 fully saturated rings. The minimum atomic E-state index is 0.680. The predicted octanol–water partition coefficient (Wildman–Crippen LogP) is 4.07. The number of aromatic nitrogens is 2. The summed E-state index contributed by atoms with van der Waals surface area (Å²) in [6.45, 7) is 2.66. The van der Waals surface area contributed by atoms with Crippen LogP contribution < -0.4 is 4.74 Å². The monoisotopic (exact) mass is 284 g/mol. The van der Waals surface area contributed by atoms with Crippen LogP contribution in [0.3, 0.4) is 0 Å². The second-order valence-corrected chi connectivity index (χ2v) is 5.36. The number of fused-ring (bicyclic) bond motifs is 1. The number of alkyl halides is 1. The number of rotatable bonds is 7. The zero-order valence-corrected chi connectivity index (χ0v) is 12.0. The topological polar surface area (TPSA) is 37.9 Å². The summed E-state index contributed by atoms with van der Waals surface area (Å²) in [6, 6.07) is 5.93. The summed E-state index contributed by atoms with van der Waals surface area (Å²) in [5.74, 6) is 2.66. The van der Waals surface area contributed by atoms with Crippen molar-refractivity contribution in [2.45, 2.75) is 24.9 Å². The number of halogens is 1. The zero-order chi connectivity index (χ0) is 12.8. The number of H-pyrrole nitrogens is 1. The van der Waals surface area contributed by atoms with E-state index in [1.807, 2.05) is 25.1 Å². The normalized spacial score (nSPS) is 11.0. The molecule has 5 heteroatoms. The smallest absolute Gasteiger partial charge is 0.166 e. The van der Waals surface area contributed by atoms with Gasteiger partial charge >= 0.3 is 0 Å². The van der Waals surface area contributed by atoms with Gasteiger partial charge in [0.25, 0.3) is 0 Å². The van der Waals surface area contributed by atoms with Crippen molar-refractivity contribution >= 4 is 34.4 Å². The first kappa shape index (κ1) is 13.6. The number of unbranched alkanes of at least 4 members (excludes halogenated alkanes) is 1. The predicted molar refractivity (Wildman–Crippen MR) is 77.9 cm³/mol. The molecule has 0 unspecified atom stereocenters. The van der Waals surface area contributed by atoms with Crippen molar-refractivity contribution in [1.29, 1.82) is 0 Å². The number of hydrogen-bond donors (Lipinski definition) is 1. The quantitative estimate of drug-likeness (QED) is 0.473. The fraction of sp³-hybridized carbons (Fsp3) is 0.462. The summed E-state index contributed by atoms with van der Waals surface area (Å²) >= 11 is 7.39. The molecule has 1 aromatic carbocycles. The largest absolute Gasteiger partial charge is 0.494 e. The lowest BCUT2D eigenvalue weighted by Gasteiger charge is -2.00. The zero-order valence-electron chi connectivity index (χ0n) is 10.4. The maximum Gasteiger partial charge on any atom is 0.166 e. The average Bonchev–Trinajstić information content (AvgIpc) is 2.77. The van der Waals surface area contributed by atoms with Crippen LogP contribution in [-0.4, -0.2) is 28.2 Å². The minimum absolute atomic E-state index is 0.680. The number of imidazole rings is 1. The number of ether oxygens (including phenoxy) is 1. The Labute approximate surface area is 116 Å². The molecule has 3 nitrogen and oxygen atoms in total. The maximum absolute atomic E-state index is 5.65. The number of aromatic amines is 1. The Morgan fingerprint density at radius 1 is 1.39 bits per heavy atom. The molecule has 0 bridgehead atoms. The molecule has 1 N–H and O–H groups in total. The molecule has 0 radical (unpaired) electrons. The first-order valence-corrected chi connectivity index (χ1v) is 7.67. The van der Waals surface area contributed by atoms with Gasteiger partial charge in [0, 0.05) is 17.7 Å². The van der Waals surface area contributed by atoms with Gasteiger partial charge in [-0.3, -0.25) is 0 Å². The Hall–Kier alpha value is -0.870. The summed E-state index contributed by atoms with van der Waals surface area (Å²) in [6.07, 6.45) is 2.18. The van der Waals surface area contributed by atoms with Gasteiger partial charge in [-0.1, -0.05) is 11.8 Å². The second-order valence-electron chi connectivity index (χ2n) is 3.90. The third-order valence-corrected chi connectivity index (χ3v) is 3.74. The van der Waals surface area contributed by atoms with Gasteiger partial charge in [0.2, 0.25) is 0 Å². The molecule has 18 heavy (non-hydrogen) atoms. The third kappa shape index (κ3) is 3.56. The third-order valence-electron chi connectivity index (χ3n) is 2.51. The molecular formula is C13H17ClN2OS. The number of thioether (sulfide) groups is 1. The highest BCUT2D eigenvalue weighted by atomic mass is 35.5. The Morgan fingerprint density at radius 3 is 3.06 bits per heavy atom. The van der Waals surface area contributed by atoms with Gasteiger partial charge < -0.3 is 9.72 Å². The molecule has 0 aliphatic rings. The van der Waals surface area contributed by atoms with E-state index in [0.717, 1.165) is 46.4 Å². The molecule has 0 saturated heterocycles. The fourth-order valence-electron chi connectivity index (χ4n) is 1.66. The van der Waals surface area contributed by atoms with E-state index < -0.39 is 0 Å². The van der Waals surface area contributed by atoms with Crippen LogP contribution >= 0.6 is 23.4 Å². The van der Waals surface area contributed by atoms with Crippen molar-refractivity contribution in [3.63, 3.8) is 0 Å². The fourth-order valence-corrected chi connectivity index (χ4v) is 2.73. The maximum atomic E-state index is 5.65. The molecule has 1 heterocycles. The molecule has 2 aromatic rings. The van der Waals surface area contributed by atoms with E-state index in [4.69, 9.17) is 16.3 Å². The van der Waals surface area contributed by atoms with Crippen molar-refractivity contribution in [1.82, 2.24) is 9.97 Å². The molecule has 1 aromatic heterocycles. The van der Waals surface area contributed by atoms with Crippen LogP contribution in [-0.2, 0) is 0 Å². The van der Waals surface area contributed by atoms with Crippen molar-refractivity contribution < 1.29 is 4.74 Å². The van der Waals surface area contributed by atoms with Gasteiger partial charge in [0.1, 0.15) is 5.75 Å². The standard InChI is InChI=1S/C13H17ClN2OS/c1-2-17-10-5-6-11-12(9-10)16-13(15-11)18-8-4-3-7-14/h5-6,9H,2-4,7-8H2,1H3,(H,15,16).